The molecule has 25 heavy (non-hydrogen) atoms. The highest BCUT2D eigenvalue weighted by atomic mass is 16.6. The van der Waals surface area contributed by atoms with Crippen LogP contribution < -0.4 is 14.2 Å². The largest absolute Gasteiger partial charge is 0.496 e. The van der Waals surface area contributed by atoms with Gasteiger partial charge in [-0.1, -0.05) is 12.1 Å². The normalized spacial score (nSPS) is 10.5. The Hall–Kier alpha value is -3.35. The lowest BCUT2D eigenvalue weighted by molar-refractivity contribution is -0.385. The van der Waals surface area contributed by atoms with Crippen LogP contribution in [0.15, 0.2) is 42.5 Å². The molecule has 0 atom stereocenters. The molecule has 0 N–H and O–H groups in total. The van der Waals surface area contributed by atoms with E-state index in [-0.39, 0.29) is 22.7 Å². The first kappa shape index (κ1) is 18.0. The molecule has 0 radical (unpaired) electrons. The number of rotatable bonds is 7. The Balaban J connectivity index is 2.43. The van der Waals surface area contributed by atoms with Gasteiger partial charge in [-0.15, -0.1) is 0 Å². The van der Waals surface area contributed by atoms with Crippen molar-refractivity contribution in [2.45, 2.75) is 0 Å². The first-order valence-electron chi connectivity index (χ1n) is 7.27. The van der Waals surface area contributed by atoms with Crippen LogP contribution in [0.25, 0.3) is 6.08 Å². The number of para-hydroxylation sites is 1. The molecule has 0 aliphatic carbocycles. The Morgan fingerprint density at radius 1 is 1.04 bits per heavy atom. The second-order valence-electron chi connectivity index (χ2n) is 4.92. The maximum Gasteiger partial charge on any atom is 0.276 e. The molecule has 0 bridgehead atoms. The van der Waals surface area contributed by atoms with Crippen molar-refractivity contribution < 1.29 is 23.9 Å². The van der Waals surface area contributed by atoms with Crippen molar-refractivity contribution in [3.05, 3.63) is 63.7 Å². The van der Waals surface area contributed by atoms with E-state index in [1.165, 1.54) is 39.5 Å². The van der Waals surface area contributed by atoms with Gasteiger partial charge in [-0.25, -0.2) is 0 Å². The summed E-state index contributed by atoms with van der Waals surface area (Å²) in [5, 5.41) is 11.0. The van der Waals surface area contributed by atoms with Gasteiger partial charge in [0.15, 0.2) is 5.78 Å². The predicted octanol–water partition coefficient (Wildman–Crippen LogP) is 3.52. The topological polar surface area (TPSA) is 87.9 Å². The smallest absolute Gasteiger partial charge is 0.276 e. The zero-order valence-electron chi connectivity index (χ0n) is 14.0. The predicted molar refractivity (Wildman–Crippen MR) is 92.6 cm³/mol. The van der Waals surface area contributed by atoms with E-state index >= 15 is 0 Å². The quantitative estimate of drug-likeness (QED) is 0.331. The minimum Gasteiger partial charge on any atom is -0.496 e. The van der Waals surface area contributed by atoms with Crippen molar-refractivity contribution in [3.8, 4) is 17.2 Å². The molecule has 0 saturated heterocycles. The Labute approximate surface area is 144 Å². The van der Waals surface area contributed by atoms with Crippen molar-refractivity contribution in [2.75, 3.05) is 21.3 Å². The average molecular weight is 343 g/mol. The number of ketones is 1. The van der Waals surface area contributed by atoms with Crippen LogP contribution in [0, 0.1) is 10.1 Å². The fourth-order valence-corrected chi connectivity index (χ4v) is 2.29. The molecule has 0 spiro atoms. The third kappa shape index (κ3) is 3.95. The summed E-state index contributed by atoms with van der Waals surface area (Å²) in [5.74, 6) is 0.643. The van der Waals surface area contributed by atoms with E-state index in [0.29, 0.717) is 11.3 Å². The van der Waals surface area contributed by atoms with Gasteiger partial charge >= 0.3 is 0 Å². The van der Waals surface area contributed by atoms with Gasteiger partial charge < -0.3 is 14.2 Å². The molecule has 2 aromatic rings. The first-order valence-corrected chi connectivity index (χ1v) is 7.27. The lowest BCUT2D eigenvalue weighted by atomic mass is 10.1. The van der Waals surface area contributed by atoms with Crippen LogP contribution in [0.5, 0.6) is 17.2 Å². The molecule has 130 valence electrons. The summed E-state index contributed by atoms with van der Waals surface area (Å²) in [4.78, 5) is 23.1. The number of methoxy groups -OCH3 is 3. The van der Waals surface area contributed by atoms with E-state index in [1.807, 2.05) is 0 Å². The molecule has 0 fully saturated rings. The van der Waals surface area contributed by atoms with Crippen LogP contribution in [0.4, 0.5) is 5.69 Å². The Bertz CT molecular complexity index is 803. The number of carbonyl (C=O) groups excluding carboxylic acids is 1. The van der Waals surface area contributed by atoms with Crippen LogP contribution in [0.3, 0.4) is 0 Å². The van der Waals surface area contributed by atoms with Gasteiger partial charge in [0, 0.05) is 18.2 Å². The summed E-state index contributed by atoms with van der Waals surface area (Å²) in [7, 11) is 4.34. The van der Waals surface area contributed by atoms with Gasteiger partial charge in [-0.3, -0.25) is 14.9 Å². The zero-order chi connectivity index (χ0) is 18.4. The molecule has 2 aromatic carbocycles. The molecule has 0 amide bonds. The monoisotopic (exact) mass is 343 g/mol. The third-order valence-corrected chi connectivity index (χ3v) is 3.51. The summed E-state index contributed by atoms with van der Waals surface area (Å²) in [6, 6.07) is 9.28. The van der Waals surface area contributed by atoms with Gasteiger partial charge in [0.2, 0.25) is 0 Å². The minimum absolute atomic E-state index is 0.0831. The van der Waals surface area contributed by atoms with Crippen LogP contribution >= 0.6 is 0 Å². The van der Waals surface area contributed by atoms with Gasteiger partial charge in [-0.2, -0.15) is 0 Å². The third-order valence-electron chi connectivity index (χ3n) is 3.51. The van der Waals surface area contributed by atoms with Crippen molar-refractivity contribution in [1.82, 2.24) is 0 Å². The van der Waals surface area contributed by atoms with Crippen LogP contribution in [0.2, 0.25) is 0 Å². The maximum atomic E-state index is 12.6. The number of nitrogens with zero attached hydrogens (tertiary/aromatic N) is 1. The van der Waals surface area contributed by atoms with Crippen molar-refractivity contribution in [3.63, 3.8) is 0 Å². The van der Waals surface area contributed by atoms with E-state index in [0.717, 1.165) is 0 Å². The van der Waals surface area contributed by atoms with Gasteiger partial charge in [-0.05, 0) is 18.2 Å². The number of benzene rings is 2. The Morgan fingerprint density at radius 2 is 1.64 bits per heavy atom. The molecule has 0 heterocycles. The number of allylic oxidation sites excluding steroid dienone is 1. The van der Waals surface area contributed by atoms with Crippen molar-refractivity contribution >= 4 is 17.5 Å². The number of ether oxygens (including phenoxy) is 3. The molecular weight excluding hydrogens is 326 g/mol. The molecular formula is C18H17NO6. The summed E-state index contributed by atoms with van der Waals surface area (Å²) >= 11 is 0. The number of carbonyl (C=O) groups is 1. The Morgan fingerprint density at radius 3 is 2.16 bits per heavy atom. The van der Waals surface area contributed by atoms with Crippen LogP contribution in [-0.4, -0.2) is 32.0 Å². The fraction of sp³-hybridized carbons (Fsp3) is 0.167. The van der Waals surface area contributed by atoms with E-state index < -0.39 is 10.7 Å². The summed E-state index contributed by atoms with van der Waals surface area (Å²) in [6.07, 6.45) is 2.64. The maximum absolute atomic E-state index is 12.6. The van der Waals surface area contributed by atoms with Crippen LogP contribution in [0.1, 0.15) is 15.9 Å². The van der Waals surface area contributed by atoms with E-state index in [2.05, 4.69) is 0 Å². The number of nitro benzene ring substituents is 1. The highest BCUT2D eigenvalue weighted by Crippen LogP contribution is 2.34. The minimum atomic E-state index is -0.501. The zero-order valence-corrected chi connectivity index (χ0v) is 14.0. The van der Waals surface area contributed by atoms with Crippen molar-refractivity contribution in [1.29, 1.82) is 0 Å². The van der Waals surface area contributed by atoms with E-state index in [1.54, 1.807) is 30.3 Å². The second kappa shape index (κ2) is 7.96. The molecule has 0 unspecified atom stereocenters. The summed E-state index contributed by atoms with van der Waals surface area (Å²) in [6.45, 7) is 0. The van der Waals surface area contributed by atoms with Crippen LogP contribution in [-0.2, 0) is 0 Å². The summed E-state index contributed by atoms with van der Waals surface area (Å²) in [5.41, 5.74) is 0.452. The molecule has 0 saturated carbocycles. The number of nitro groups is 1. The lowest BCUT2D eigenvalue weighted by Gasteiger charge is -2.13. The van der Waals surface area contributed by atoms with Crippen molar-refractivity contribution in [2.24, 2.45) is 0 Å². The van der Waals surface area contributed by atoms with E-state index in [4.69, 9.17) is 14.2 Å². The molecule has 0 aromatic heterocycles. The SMILES string of the molecule is COc1cc(OC)c(C(=O)/C=C/c2ccccc2[N+](=O)[O-])c(OC)c1. The molecule has 7 heteroatoms. The van der Waals surface area contributed by atoms with Gasteiger partial charge in [0.1, 0.15) is 22.8 Å². The standard InChI is InChI=1S/C18H17NO6/c1-23-13-10-16(24-2)18(17(11-13)25-3)15(20)9-8-12-6-4-5-7-14(12)19(21)22/h4-11H,1-3H3/b9-8+. The summed E-state index contributed by atoms with van der Waals surface area (Å²) < 4.78 is 15.6. The molecule has 2 rings (SSSR count). The van der Waals surface area contributed by atoms with E-state index in [9.17, 15) is 14.9 Å². The highest BCUT2D eigenvalue weighted by molar-refractivity contribution is 6.10. The highest BCUT2D eigenvalue weighted by Gasteiger charge is 2.19. The molecule has 0 aliphatic rings. The Kier molecular flexibility index (Phi) is 5.73. The van der Waals surface area contributed by atoms with Gasteiger partial charge in [0.05, 0.1) is 31.8 Å². The molecule has 0 aliphatic heterocycles. The fourth-order valence-electron chi connectivity index (χ4n) is 2.29. The first-order chi connectivity index (χ1) is 12.0. The van der Waals surface area contributed by atoms with Gasteiger partial charge in [0.25, 0.3) is 5.69 Å². The number of hydrogen-bond donors (Lipinski definition) is 0. The average Bonchev–Trinajstić information content (AvgIpc) is 2.64. The lowest BCUT2D eigenvalue weighted by Crippen LogP contribution is -2.03. The molecule has 7 nitrogen and oxygen atoms in total. The number of hydrogen-bond acceptors (Lipinski definition) is 6. The second-order valence-corrected chi connectivity index (χ2v) is 4.92.